The van der Waals surface area contributed by atoms with Gasteiger partial charge in [0.15, 0.2) is 11.6 Å². The maximum Gasteiger partial charge on any atom is 0.241 e. The predicted octanol–water partition coefficient (Wildman–Crippen LogP) is 3.43. The summed E-state index contributed by atoms with van der Waals surface area (Å²) < 4.78 is 33.7. The van der Waals surface area contributed by atoms with Crippen molar-refractivity contribution in [2.24, 2.45) is 0 Å². The Morgan fingerprint density at radius 2 is 2.00 bits per heavy atom. The van der Waals surface area contributed by atoms with E-state index in [1.165, 1.54) is 16.8 Å². The van der Waals surface area contributed by atoms with Gasteiger partial charge in [0.25, 0.3) is 0 Å². The molecule has 0 unspecified atom stereocenters. The average Bonchev–Trinajstić information content (AvgIpc) is 2.63. The number of ether oxygens (including phenoxy) is 1. The lowest BCUT2D eigenvalue weighted by Gasteiger charge is -2.12. The van der Waals surface area contributed by atoms with Gasteiger partial charge in [0, 0.05) is 0 Å². The van der Waals surface area contributed by atoms with Crippen LogP contribution >= 0.6 is 0 Å². The molecule has 0 amide bonds. The monoisotopic (exact) mass is 267 g/mol. The van der Waals surface area contributed by atoms with E-state index in [2.05, 4.69) is 5.10 Å². The Hall–Kier alpha value is -2.11. The summed E-state index contributed by atoms with van der Waals surface area (Å²) in [7, 11) is 0. The van der Waals surface area contributed by atoms with Gasteiger partial charge in [-0.25, -0.2) is 9.07 Å². The van der Waals surface area contributed by atoms with E-state index in [4.69, 9.17) is 10.5 Å². The first-order valence-corrected chi connectivity index (χ1v) is 5.88. The lowest BCUT2D eigenvalue weighted by molar-refractivity contribution is 0.364. The first-order valence-electron chi connectivity index (χ1n) is 5.88. The normalized spacial score (nSPS) is 11.1. The first-order chi connectivity index (χ1) is 8.91. The summed E-state index contributed by atoms with van der Waals surface area (Å²) in [4.78, 5) is 0. The standard InChI is InChI=1S/C13H15F2N3O/c1-7(2)18-13(12(16)8(3)17-18)19-10-6-4-5-9(14)11(10)15/h4-7H,16H2,1-3H3. The van der Waals surface area contributed by atoms with E-state index in [0.29, 0.717) is 11.4 Å². The van der Waals surface area contributed by atoms with Gasteiger partial charge < -0.3 is 10.5 Å². The highest BCUT2D eigenvalue weighted by molar-refractivity contribution is 5.54. The minimum atomic E-state index is -1.05. The van der Waals surface area contributed by atoms with Gasteiger partial charge in [0.2, 0.25) is 11.7 Å². The zero-order chi connectivity index (χ0) is 14.2. The third-order valence-electron chi connectivity index (χ3n) is 2.70. The molecule has 6 heteroatoms. The van der Waals surface area contributed by atoms with Crippen molar-refractivity contribution in [1.82, 2.24) is 9.78 Å². The van der Waals surface area contributed by atoms with Crippen molar-refractivity contribution in [3.05, 3.63) is 35.5 Å². The summed E-state index contributed by atoms with van der Waals surface area (Å²) in [6.07, 6.45) is 0. The molecule has 0 aliphatic rings. The molecular formula is C13H15F2N3O. The van der Waals surface area contributed by atoms with Gasteiger partial charge in [-0.3, -0.25) is 0 Å². The second-order valence-electron chi connectivity index (χ2n) is 4.50. The molecule has 0 atom stereocenters. The molecule has 0 radical (unpaired) electrons. The Morgan fingerprint density at radius 3 is 2.63 bits per heavy atom. The van der Waals surface area contributed by atoms with E-state index >= 15 is 0 Å². The summed E-state index contributed by atoms with van der Waals surface area (Å²) in [6.45, 7) is 5.50. The van der Waals surface area contributed by atoms with Crippen LogP contribution in [-0.4, -0.2) is 9.78 Å². The minimum Gasteiger partial charge on any atom is -0.434 e. The molecule has 1 heterocycles. The average molecular weight is 267 g/mol. The third kappa shape index (κ3) is 2.38. The summed E-state index contributed by atoms with van der Waals surface area (Å²) >= 11 is 0. The molecule has 2 N–H and O–H groups in total. The number of halogens is 2. The highest BCUT2D eigenvalue weighted by Gasteiger charge is 2.19. The third-order valence-corrected chi connectivity index (χ3v) is 2.70. The predicted molar refractivity (Wildman–Crippen MR) is 68.2 cm³/mol. The first kappa shape index (κ1) is 13.3. The topological polar surface area (TPSA) is 53.1 Å². The van der Waals surface area contributed by atoms with Crippen molar-refractivity contribution in [1.29, 1.82) is 0 Å². The number of nitrogens with zero attached hydrogens (tertiary/aromatic N) is 2. The minimum absolute atomic E-state index is 0.0115. The quantitative estimate of drug-likeness (QED) is 0.927. The van der Waals surface area contributed by atoms with Crippen LogP contribution in [-0.2, 0) is 0 Å². The van der Waals surface area contributed by atoms with Crippen LogP contribution in [0.1, 0.15) is 25.6 Å². The summed E-state index contributed by atoms with van der Waals surface area (Å²) in [5.74, 6) is -2.01. The number of hydrogen-bond acceptors (Lipinski definition) is 3. The second-order valence-corrected chi connectivity index (χ2v) is 4.50. The molecule has 0 aliphatic carbocycles. The number of nitrogen functional groups attached to an aromatic ring is 1. The van der Waals surface area contributed by atoms with E-state index in [9.17, 15) is 8.78 Å². The fourth-order valence-corrected chi connectivity index (χ4v) is 1.66. The summed E-state index contributed by atoms with van der Waals surface area (Å²) in [6, 6.07) is 3.72. The Labute approximate surface area is 109 Å². The Balaban J connectivity index is 2.46. The van der Waals surface area contributed by atoms with Crippen molar-refractivity contribution in [2.75, 3.05) is 5.73 Å². The maximum absolute atomic E-state index is 13.6. The van der Waals surface area contributed by atoms with Crippen LogP contribution in [0.3, 0.4) is 0 Å². The van der Waals surface area contributed by atoms with Crippen LogP contribution < -0.4 is 10.5 Å². The van der Waals surface area contributed by atoms with Crippen LogP contribution in [0.5, 0.6) is 11.6 Å². The van der Waals surface area contributed by atoms with Gasteiger partial charge >= 0.3 is 0 Å². The van der Waals surface area contributed by atoms with Crippen LogP contribution in [0.4, 0.5) is 14.5 Å². The van der Waals surface area contributed by atoms with Crippen molar-refractivity contribution < 1.29 is 13.5 Å². The number of hydrogen-bond donors (Lipinski definition) is 1. The SMILES string of the molecule is Cc1nn(C(C)C)c(Oc2cccc(F)c2F)c1N. The fourth-order valence-electron chi connectivity index (χ4n) is 1.66. The van der Waals surface area contributed by atoms with Gasteiger partial charge in [-0.2, -0.15) is 9.49 Å². The summed E-state index contributed by atoms with van der Waals surface area (Å²) in [5.41, 5.74) is 6.75. The molecule has 19 heavy (non-hydrogen) atoms. The van der Waals surface area contributed by atoms with Gasteiger partial charge in [0.05, 0.1) is 11.7 Å². The lowest BCUT2D eigenvalue weighted by Crippen LogP contribution is -2.06. The number of benzene rings is 1. The van der Waals surface area contributed by atoms with Gasteiger partial charge in [-0.1, -0.05) is 6.07 Å². The molecule has 0 saturated carbocycles. The van der Waals surface area contributed by atoms with E-state index in [0.717, 1.165) is 6.07 Å². The van der Waals surface area contributed by atoms with Crippen LogP contribution in [0, 0.1) is 18.6 Å². The Morgan fingerprint density at radius 1 is 1.32 bits per heavy atom. The highest BCUT2D eigenvalue weighted by Crippen LogP contribution is 2.33. The molecule has 2 rings (SSSR count). The van der Waals surface area contributed by atoms with Crippen molar-refractivity contribution in [3.8, 4) is 11.6 Å². The van der Waals surface area contributed by atoms with Crippen LogP contribution in [0.25, 0.3) is 0 Å². The van der Waals surface area contributed by atoms with Gasteiger partial charge in [0.1, 0.15) is 5.69 Å². The largest absolute Gasteiger partial charge is 0.434 e. The number of anilines is 1. The maximum atomic E-state index is 13.6. The lowest BCUT2D eigenvalue weighted by atomic mass is 10.3. The molecule has 2 aromatic rings. The molecule has 1 aromatic heterocycles. The molecule has 4 nitrogen and oxygen atoms in total. The zero-order valence-electron chi connectivity index (χ0n) is 10.9. The number of aryl methyl sites for hydroxylation is 1. The molecular weight excluding hydrogens is 252 g/mol. The molecule has 0 aliphatic heterocycles. The second kappa shape index (κ2) is 4.87. The van der Waals surface area contributed by atoms with Crippen molar-refractivity contribution in [2.45, 2.75) is 26.8 Å². The van der Waals surface area contributed by atoms with E-state index in [-0.39, 0.29) is 17.7 Å². The summed E-state index contributed by atoms with van der Waals surface area (Å²) in [5, 5.41) is 4.21. The smallest absolute Gasteiger partial charge is 0.241 e. The molecule has 0 fully saturated rings. The van der Waals surface area contributed by atoms with E-state index < -0.39 is 11.6 Å². The Kier molecular flexibility index (Phi) is 3.42. The van der Waals surface area contributed by atoms with Crippen molar-refractivity contribution >= 4 is 5.69 Å². The molecule has 1 aromatic carbocycles. The van der Waals surface area contributed by atoms with Gasteiger partial charge in [-0.15, -0.1) is 0 Å². The number of aromatic nitrogens is 2. The van der Waals surface area contributed by atoms with Crippen LogP contribution in [0.2, 0.25) is 0 Å². The van der Waals surface area contributed by atoms with Crippen molar-refractivity contribution in [3.63, 3.8) is 0 Å². The van der Waals surface area contributed by atoms with E-state index in [1.807, 2.05) is 13.8 Å². The Bertz CT molecular complexity index is 608. The van der Waals surface area contributed by atoms with Crippen LogP contribution in [0.15, 0.2) is 18.2 Å². The zero-order valence-corrected chi connectivity index (χ0v) is 10.9. The molecule has 0 saturated heterocycles. The molecule has 102 valence electrons. The fraction of sp³-hybridized carbons (Fsp3) is 0.308. The highest BCUT2D eigenvalue weighted by atomic mass is 19.2. The van der Waals surface area contributed by atoms with Gasteiger partial charge in [-0.05, 0) is 32.9 Å². The molecule has 0 spiro atoms. The molecule has 0 bridgehead atoms. The number of rotatable bonds is 3. The number of nitrogens with two attached hydrogens (primary N) is 1. The van der Waals surface area contributed by atoms with E-state index in [1.54, 1.807) is 6.92 Å².